The Kier molecular flexibility index (Phi) is 1.89. The summed E-state index contributed by atoms with van der Waals surface area (Å²) >= 11 is 0. The Balaban J connectivity index is 2.38. The molecule has 1 heteroatoms. The van der Waals surface area contributed by atoms with Crippen LogP contribution in [0.3, 0.4) is 0 Å². The van der Waals surface area contributed by atoms with Crippen molar-refractivity contribution >= 4 is 32.4 Å². The Morgan fingerprint density at radius 2 is 1.33 bits per heavy atom. The fourth-order valence-electron chi connectivity index (χ4n) is 2.63. The molecule has 0 atom stereocenters. The summed E-state index contributed by atoms with van der Waals surface area (Å²) < 4.78 is 0. The second kappa shape index (κ2) is 3.54. The van der Waals surface area contributed by atoms with E-state index in [0.29, 0.717) is 0 Å². The van der Waals surface area contributed by atoms with Gasteiger partial charge < -0.3 is 0 Å². The molecule has 0 aliphatic heterocycles. The molecule has 4 rings (SSSR count). The summed E-state index contributed by atoms with van der Waals surface area (Å²) in [5, 5.41) is 6.25. The van der Waals surface area contributed by atoms with Gasteiger partial charge in [-0.3, -0.25) is 4.98 Å². The minimum atomic E-state index is 1.09. The summed E-state index contributed by atoms with van der Waals surface area (Å²) in [7, 11) is 0. The van der Waals surface area contributed by atoms with E-state index in [9.17, 15) is 0 Å². The van der Waals surface area contributed by atoms with E-state index in [-0.39, 0.29) is 0 Å². The maximum atomic E-state index is 4.56. The Hall–Kier alpha value is -2.41. The van der Waals surface area contributed by atoms with Gasteiger partial charge >= 0.3 is 0 Å². The maximum absolute atomic E-state index is 4.56. The molecule has 0 radical (unpaired) electrons. The molecule has 1 heterocycles. The van der Waals surface area contributed by atoms with E-state index in [0.717, 1.165) is 5.52 Å². The van der Waals surface area contributed by atoms with Crippen molar-refractivity contribution in [2.24, 2.45) is 0 Å². The van der Waals surface area contributed by atoms with E-state index >= 15 is 0 Å². The van der Waals surface area contributed by atoms with Crippen LogP contribution in [0.25, 0.3) is 32.4 Å². The van der Waals surface area contributed by atoms with Gasteiger partial charge in [0, 0.05) is 17.0 Å². The van der Waals surface area contributed by atoms with Crippen molar-refractivity contribution in [2.75, 3.05) is 0 Å². The molecule has 0 saturated heterocycles. The van der Waals surface area contributed by atoms with E-state index in [2.05, 4.69) is 59.6 Å². The normalized spacial score (nSPS) is 11.3. The smallest absolute Gasteiger partial charge is 0.0786 e. The standard InChI is InChI=1S/C17H11N/c1-2-6-15-12(4-1)7-8-13-9-10-14-5-3-11-18-17(14)16(13)15/h1-11H. The fraction of sp³-hybridized carbons (Fsp3) is 0. The van der Waals surface area contributed by atoms with Crippen LogP contribution in [0.15, 0.2) is 66.9 Å². The summed E-state index contributed by atoms with van der Waals surface area (Å²) in [6.07, 6.45) is 1.86. The first-order chi connectivity index (χ1) is 8.93. The fourth-order valence-corrected chi connectivity index (χ4v) is 2.63. The van der Waals surface area contributed by atoms with Crippen molar-refractivity contribution in [2.45, 2.75) is 0 Å². The van der Waals surface area contributed by atoms with Gasteiger partial charge in [0.15, 0.2) is 0 Å². The first kappa shape index (κ1) is 9.60. The predicted molar refractivity (Wildman–Crippen MR) is 76.8 cm³/mol. The molecule has 0 fully saturated rings. The number of benzene rings is 3. The molecule has 84 valence electrons. The van der Waals surface area contributed by atoms with Gasteiger partial charge in [0.1, 0.15) is 0 Å². The average Bonchev–Trinajstić information content (AvgIpc) is 2.46. The second-order valence-corrected chi connectivity index (χ2v) is 4.53. The Morgan fingerprint density at radius 3 is 2.28 bits per heavy atom. The van der Waals surface area contributed by atoms with E-state index in [1.807, 2.05) is 12.3 Å². The van der Waals surface area contributed by atoms with Crippen LogP contribution in [0.1, 0.15) is 0 Å². The van der Waals surface area contributed by atoms with Gasteiger partial charge in [0.2, 0.25) is 0 Å². The van der Waals surface area contributed by atoms with Crippen LogP contribution in [-0.4, -0.2) is 4.98 Å². The second-order valence-electron chi connectivity index (χ2n) is 4.53. The predicted octanol–water partition coefficient (Wildman–Crippen LogP) is 4.54. The monoisotopic (exact) mass is 229 g/mol. The molecule has 0 amide bonds. The lowest BCUT2D eigenvalue weighted by molar-refractivity contribution is 1.43. The maximum Gasteiger partial charge on any atom is 0.0786 e. The largest absolute Gasteiger partial charge is 0.256 e. The summed E-state index contributed by atoms with van der Waals surface area (Å²) in [5.74, 6) is 0. The lowest BCUT2D eigenvalue weighted by Gasteiger charge is -2.06. The Morgan fingerprint density at radius 1 is 0.611 bits per heavy atom. The molecule has 0 unspecified atom stereocenters. The molecule has 0 bridgehead atoms. The van der Waals surface area contributed by atoms with Crippen molar-refractivity contribution in [3.8, 4) is 0 Å². The van der Waals surface area contributed by atoms with Crippen LogP contribution in [0.2, 0.25) is 0 Å². The molecule has 3 aromatic carbocycles. The molecule has 1 nitrogen and oxygen atoms in total. The summed E-state index contributed by atoms with van der Waals surface area (Å²) in [6, 6.07) is 21.2. The topological polar surface area (TPSA) is 12.9 Å². The molecule has 1 aromatic heterocycles. The summed E-state index contributed by atoms with van der Waals surface area (Å²) in [6.45, 7) is 0. The number of hydrogen-bond acceptors (Lipinski definition) is 1. The highest BCUT2D eigenvalue weighted by molar-refractivity contribution is 6.18. The van der Waals surface area contributed by atoms with Crippen molar-refractivity contribution in [1.82, 2.24) is 4.98 Å². The van der Waals surface area contributed by atoms with Gasteiger partial charge in [-0.1, -0.05) is 54.6 Å². The number of aromatic nitrogens is 1. The molecule has 0 aliphatic rings. The number of nitrogens with zero attached hydrogens (tertiary/aromatic N) is 1. The zero-order valence-corrected chi connectivity index (χ0v) is 9.80. The average molecular weight is 229 g/mol. The molecule has 0 N–H and O–H groups in total. The van der Waals surface area contributed by atoms with Gasteiger partial charge in [0.05, 0.1) is 5.52 Å². The van der Waals surface area contributed by atoms with Crippen molar-refractivity contribution in [3.63, 3.8) is 0 Å². The van der Waals surface area contributed by atoms with Crippen molar-refractivity contribution in [1.29, 1.82) is 0 Å². The first-order valence-corrected chi connectivity index (χ1v) is 6.09. The van der Waals surface area contributed by atoms with Crippen LogP contribution >= 0.6 is 0 Å². The Bertz CT molecular complexity index is 807. The number of hydrogen-bond donors (Lipinski definition) is 0. The molecule has 4 aromatic rings. The third-order valence-electron chi connectivity index (χ3n) is 3.48. The van der Waals surface area contributed by atoms with Crippen LogP contribution in [0.5, 0.6) is 0 Å². The van der Waals surface area contributed by atoms with E-state index < -0.39 is 0 Å². The number of rotatable bonds is 0. The first-order valence-electron chi connectivity index (χ1n) is 6.09. The summed E-state index contributed by atoms with van der Waals surface area (Å²) in [4.78, 5) is 4.56. The SMILES string of the molecule is c1ccc2c(c1)ccc1ccc3cccnc3c12. The molecule has 0 saturated carbocycles. The molecular weight excluding hydrogens is 218 g/mol. The van der Waals surface area contributed by atoms with Crippen molar-refractivity contribution < 1.29 is 0 Å². The zero-order chi connectivity index (χ0) is 11.9. The zero-order valence-electron chi connectivity index (χ0n) is 9.80. The highest BCUT2D eigenvalue weighted by atomic mass is 14.6. The molecule has 18 heavy (non-hydrogen) atoms. The molecular formula is C17H11N. The van der Waals surface area contributed by atoms with Gasteiger partial charge in [-0.25, -0.2) is 0 Å². The lowest BCUT2D eigenvalue weighted by Crippen LogP contribution is -1.83. The van der Waals surface area contributed by atoms with E-state index in [1.165, 1.54) is 26.9 Å². The third kappa shape index (κ3) is 1.25. The molecule has 0 spiro atoms. The van der Waals surface area contributed by atoms with Gasteiger partial charge in [-0.2, -0.15) is 0 Å². The van der Waals surface area contributed by atoms with Crippen LogP contribution in [0.4, 0.5) is 0 Å². The summed E-state index contributed by atoms with van der Waals surface area (Å²) in [5.41, 5.74) is 1.09. The third-order valence-corrected chi connectivity index (χ3v) is 3.48. The minimum Gasteiger partial charge on any atom is -0.256 e. The lowest BCUT2D eigenvalue weighted by atomic mass is 9.99. The van der Waals surface area contributed by atoms with Gasteiger partial charge in [-0.05, 0) is 22.2 Å². The quantitative estimate of drug-likeness (QED) is 0.403. The van der Waals surface area contributed by atoms with Crippen molar-refractivity contribution in [3.05, 3.63) is 66.9 Å². The van der Waals surface area contributed by atoms with Crippen LogP contribution in [-0.2, 0) is 0 Å². The number of fused-ring (bicyclic) bond motifs is 5. The highest BCUT2D eigenvalue weighted by Crippen LogP contribution is 2.30. The van der Waals surface area contributed by atoms with Crippen LogP contribution < -0.4 is 0 Å². The Labute approximate surface area is 105 Å². The number of pyridine rings is 1. The van der Waals surface area contributed by atoms with E-state index in [4.69, 9.17) is 0 Å². The van der Waals surface area contributed by atoms with E-state index in [1.54, 1.807) is 0 Å². The van der Waals surface area contributed by atoms with Gasteiger partial charge in [0.25, 0.3) is 0 Å². The highest BCUT2D eigenvalue weighted by Gasteiger charge is 2.05. The van der Waals surface area contributed by atoms with Gasteiger partial charge in [-0.15, -0.1) is 0 Å². The van der Waals surface area contributed by atoms with Crippen LogP contribution in [0, 0.1) is 0 Å². The molecule has 0 aliphatic carbocycles. The minimum absolute atomic E-state index is 1.09.